The molecule has 0 radical (unpaired) electrons. The predicted molar refractivity (Wildman–Crippen MR) is 35.2 cm³/mol. The first-order valence-corrected chi connectivity index (χ1v) is 2.58. The predicted octanol–water partition coefficient (Wildman–Crippen LogP) is -1.43. The van der Waals surface area contributed by atoms with Gasteiger partial charge in [-0.15, -0.1) is 30.4 Å². The van der Waals surface area contributed by atoms with Crippen LogP contribution in [0, 0.1) is 20.2 Å². The zero-order valence-electron chi connectivity index (χ0n) is 6.37. The third-order valence-electron chi connectivity index (χ3n) is 0.343. The highest BCUT2D eigenvalue weighted by atomic mass is 16.9. The van der Waals surface area contributed by atoms with Gasteiger partial charge in [-0.1, -0.05) is 0 Å². The van der Waals surface area contributed by atoms with Crippen molar-refractivity contribution in [2.24, 2.45) is 0 Å². The van der Waals surface area contributed by atoms with Gasteiger partial charge in [0.05, 0.1) is 12.4 Å². The molecule has 0 atom stereocenters. The van der Waals surface area contributed by atoms with Crippen LogP contribution < -0.4 is 0 Å². The smallest absolute Gasteiger partial charge is 0.291 e. The monoisotopic (exact) mass is 208 g/mol. The van der Waals surface area contributed by atoms with Crippen LogP contribution in [0.25, 0.3) is 0 Å². The first kappa shape index (κ1) is 13.9. The van der Waals surface area contributed by atoms with Gasteiger partial charge >= 0.3 is 0 Å². The third-order valence-corrected chi connectivity index (χ3v) is 0.343. The van der Waals surface area contributed by atoms with E-state index in [2.05, 4.69) is 20.6 Å². The Balaban J connectivity index is 0. The van der Waals surface area contributed by atoms with Crippen LogP contribution in [0.4, 0.5) is 0 Å². The molecule has 0 aliphatic heterocycles. The molecule has 14 heavy (non-hydrogen) atoms. The summed E-state index contributed by atoms with van der Waals surface area (Å²) in [6.07, 6.45) is 2.93. The fraction of sp³-hybridized carbons (Fsp3) is 0. The molecule has 12 nitrogen and oxygen atoms in total. The molecule has 78 valence electrons. The van der Waals surface area contributed by atoms with E-state index in [-0.39, 0.29) is 0 Å². The molecular weight excluding hydrogens is 204 g/mol. The third kappa shape index (κ3) is 58.2. The molecule has 0 aliphatic carbocycles. The Morgan fingerprint density at radius 2 is 1.14 bits per heavy atom. The zero-order valence-corrected chi connectivity index (χ0v) is 6.37. The lowest BCUT2D eigenvalue weighted by Gasteiger charge is -1.67. The highest BCUT2D eigenvalue weighted by Crippen LogP contribution is 1.53. The van der Waals surface area contributed by atoms with E-state index >= 15 is 0 Å². The van der Waals surface area contributed by atoms with E-state index in [1.807, 2.05) is 0 Å². The zero-order chi connectivity index (χ0) is 11.4. The second-order valence-electron chi connectivity index (χ2n) is 1.18. The minimum atomic E-state index is -1.50. The van der Waals surface area contributed by atoms with Gasteiger partial charge in [0.2, 0.25) is 0 Å². The summed E-state index contributed by atoms with van der Waals surface area (Å²) in [5.41, 5.74) is 0. The Morgan fingerprint density at radius 1 is 0.929 bits per heavy atom. The van der Waals surface area contributed by atoms with Crippen LogP contribution in [0.5, 0.6) is 0 Å². The molecule has 0 saturated carbocycles. The summed E-state index contributed by atoms with van der Waals surface area (Å²) < 4.78 is 0. The average Bonchev–Trinajstić information content (AvgIpc) is 2.05. The van der Waals surface area contributed by atoms with E-state index in [1.165, 1.54) is 12.4 Å². The first-order chi connectivity index (χ1) is 6.46. The molecule has 1 aromatic heterocycles. The molecule has 1 aromatic rings. The van der Waals surface area contributed by atoms with E-state index in [0.29, 0.717) is 0 Å². The van der Waals surface area contributed by atoms with Crippen molar-refractivity contribution < 1.29 is 20.6 Å². The van der Waals surface area contributed by atoms with Crippen LogP contribution in [-0.2, 0) is 0 Å². The molecule has 12 heteroatoms. The van der Waals surface area contributed by atoms with Crippen molar-refractivity contribution in [2.45, 2.75) is 0 Å². The largest absolute Gasteiger partial charge is 0.328 e. The fourth-order valence-corrected chi connectivity index (χ4v) is 0.165. The lowest BCUT2D eigenvalue weighted by molar-refractivity contribution is -0.742. The number of nitrogens with zero attached hydrogens (tertiary/aromatic N) is 6. The quantitative estimate of drug-likeness (QED) is 0.379. The van der Waals surface area contributed by atoms with Gasteiger partial charge in [0, 0.05) is 0 Å². The minimum Gasteiger partial charge on any atom is -0.328 e. The molecule has 2 N–H and O–H groups in total. The minimum absolute atomic E-state index is 1.47. The van der Waals surface area contributed by atoms with E-state index in [4.69, 9.17) is 30.6 Å². The molecule has 0 fully saturated rings. The summed E-state index contributed by atoms with van der Waals surface area (Å²) in [5, 5.41) is 40.3. The lowest BCUT2D eigenvalue weighted by Crippen LogP contribution is -1.84. The fourth-order valence-electron chi connectivity index (χ4n) is 0.165. The van der Waals surface area contributed by atoms with Crippen molar-refractivity contribution in [3.63, 3.8) is 0 Å². The van der Waals surface area contributed by atoms with Gasteiger partial charge in [-0.05, 0) is 10.4 Å². The number of hydrogen-bond donors (Lipinski definition) is 2. The van der Waals surface area contributed by atoms with Gasteiger partial charge in [0.15, 0.2) is 0 Å². The highest BCUT2D eigenvalue weighted by Gasteiger charge is 1.66. The Kier molecular flexibility index (Phi) is 10.3. The summed E-state index contributed by atoms with van der Waals surface area (Å²) >= 11 is 0. The molecule has 0 aromatic carbocycles. The lowest BCUT2D eigenvalue weighted by atomic mass is 11.0. The molecule has 0 aliphatic rings. The molecular formula is C2H4N6O6. The van der Waals surface area contributed by atoms with Gasteiger partial charge in [-0.25, -0.2) is 0 Å². The summed E-state index contributed by atoms with van der Waals surface area (Å²) in [5.74, 6) is 0. The summed E-state index contributed by atoms with van der Waals surface area (Å²) in [4.78, 5) is 16.7. The van der Waals surface area contributed by atoms with Gasteiger partial charge in [0.1, 0.15) is 0 Å². The van der Waals surface area contributed by atoms with Crippen molar-refractivity contribution in [3.8, 4) is 0 Å². The normalized spacial score (nSPS) is 6.86. The maximum atomic E-state index is 8.36. The van der Waals surface area contributed by atoms with Crippen LogP contribution in [0.3, 0.4) is 0 Å². The Labute approximate surface area is 75.0 Å². The van der Waals surface area contributed by atoms with Crippen LogP contribution in [0.2, 0.25) is 0 Å². The van der Waals surface area contributed by atoms with E-state index < -0.39 is 10.2 Å². The van der Waals surface area contributed by atoms with Crippen LogP contribution in [0.15, 0.2) is 12.4 Å². The summed E-state index contributed by atoms with van der Waals surface area (Å²) in [7, 11) is 0. The van der Waals surface area contributed by atoms with Crippen molar-refractivity contribution >= 4 is 0 Å². The molecule has 0 amide bonds. The van der Waals surface area contributed by atoms with E-state index in [0.717, 1.165) is 0 Å². The molecule has 0 spiro atoms. The van der Waals surface area contributed by atoms with Crippen LogP contribution in [-0.4, -0.2) is 41.2 Å². The number of rotatable bonds is 0. The molecule has 0 unspecified atom stereocenters. The van der Waals surface area contributed by atoms with E-state index in [1.54, 1.807) is 0 Å². The standard InChI is InChI=1S/C2H2N4.2HNO3/c1-2-4-6-5-3-1;2*2-1(3)4/h1-2H;2*(H,2,3,4). The van der Waals surface area contributed by atoms with Crippen molar-refractivity contribution in [1.29, 1.82) is 0 Å². The maximum Gasteiger partial charge on any atom is 0.291 e. The Hall–Kier alpha value is -2.66. The van der Waals surface area contributed by atoms with Gasteiger partial charge in [-0.2, -0.15) is 0 Å². The van der Waals surface area contributed by atoms with Gasteiger partial charge in [-0.3, -0.25) is 0 Å². The van der Waals surface area contributed by atoms with Gasteiger partial charge < -0.3 is 10.4 Å². The maximum absolute atomic E-state index is 8.36. The second-order valence-corrected chi connectivity index (χ2v) is 1.18. The van der Waals surface area contributed by atoms with Crippen molar-refractivity contribution in [2.75, 3.05) is 0 Å². The summed E-state index contributed by atoms with van der Waals surface area (Å²) in [6, 6.07) is 0. The number of aromatic nitrogens is 4. The second kappa shape index (κ2) is 10.3. The number of hydrogen-bond acceptors (Lipinski definition) is 8. The van der Waals surface area contributed by atoms with Crippen LogP contribution >= 0.6 is 0 Å². The molecule has 0 saturated heterocycles. The molecule has 1 rings (SSSR count). The first-order valence-electron chi connectivity index (χ1n) is 2.58. The Bertz CT molecular complexity index is 205. The van der Waals surface area contributed by atoms with Crippen LogP contribution in [0.1, 0.15) is 0 Å². The average molecular weight is 208 g/mol. The topological polar surface area (TPSA) is 178 Å². The SMILES string of the molecule is O=[N+]([O-])O.O=[N+]([O-])O.c1cnnnn1. The Morgan fingerprint density at radius 3 is 1.21 bits per heavy atom. The van der Waals surface area contributed by atoms with Crippen molar-refractivity contribution in [1.82, 2.24) is 20.6 Å². The van der Waals surface area contributed by atoms with E-state index in [9.17, 15) is 0 Å². The van der Waals surface area contributed by atoms with Crippen molar-refractivity contribution in [3.05, 3.63) is 32.6 Å². The summed E-state index contributed by atoms with van der Waals surface area (Å²) in [6.45, 7) is 0. The highest BCUT2D eigenvalue weighted by molar-refractivity contribution is 4.52. The van der Waals surface area contributed by atoms with Gasteiger partial charge in [0.25, 0.3) is 10.2 Å². The molecule has 0 bridgehead atoms. The molecule has 1 heterocycles.